The molecule has 0 aliphatic heterocycles. The van der Waals surface area contributed by atoms with E-state index in [9.17, 15) is 0 Å². The largest absolute Gasteiger partial charge is 0.488 e. The van der Waals surface area contributed by atoms with Crippen molar-refractivity contribution in [1.82, 2.24) is 9.97 Å². The zero-order valence-electron chi connectivity index (χ0n) is 14.2. The first-order valence-corrected chi connectivity index (χ1v) is 11.1. The van der Waals surface area contributed by atoms with Crippen molar-refractivity contribution in [3.05, 3.63) is 85.6 Å². The molecule has 4 rings (SSSR count). The van der Waals surface area contributed by atoms with Gasteiger partial charge >= 0.3 is 7.12 Å². The molecule has 0 unspecified atom stereocenters. The molecule has 152 valence electrons. The standard InChI is InChI=1S/C9H6ClNS.C6H6BClO2.C3H2BrNS.CH4/c10-8-3-1-7(2-4-8)9-11-5-6-12-9;8-6-3-1-5(2-4-6)7(9)10;4-3-5-1-2-6-3;/h1-6H;1-4,9-10H;1-2H;1H4. The summed E-state index contributed by atoms with van der Waals surface area (Å²) in [5.41, 5.74) is 1.57. The van der Waals surface area contributed by atoms with Crippen LogP contribution in [0.15, 0.2) is 75.6 Å². The van der Waals surface area contributed by atoms with Crippen molar-refractivity contribution in [3.8, 4) is 10.6 Å². The summed E-state index contributed by atoms with van der Waals surface area (Å²) in [5.74, 6) is 0. The predicted octanol–water partition coefficient (Wildman–Crippen LogP) is 6.03. The third-order valence-corrected chi connectivity index (χ3v) is 5.74. The molecule has 0 bridgehead atoms. The first kappa shape index (κ1) is 25.8. The Morgan fingerprint density at radius 1 is 0.793 bits per heavy atom. The third-order valence-electron chi connectivity index (χ3n) is 3.09. The summed E-state index contributed by atoms with van der Waals surface area (Å²) in [6, 6.07) is 14.0. The number of aromatic nitrogens is 2. The number of benzene rings is 2. The highest BCUT2D eigenvalue weighted by molar-refractivity contribution is 9.11. The minimum Gasteiger partial charge on any atom is -0.423 e. The number of hydrogen-bond acceptors (Lipinski definition) is 6. The highest BCUT2D eigenvalue weighted by Gasteiger charge is 2.08. The summed E-state index contributed by atoms with van der Waals surface area (Å²) in [6.07, 6.45) is 3.56. The van der Waals surface area contributed by atoms with Crippen LogP contribution in [-0.2, 0) is 0 Å². The van der Waals surface area contributed by atoms with Gasteiger partial charge < -0.3 is 10.0 Å². The van der Waals surface area contributed by atoms with Crippen molar-refractivity contribution >= 4 is 74.4 Å². The molecule has 0 spiro atoms. The SMILES string of the molecule is Brc1nccs1.C.Clc1ccc(-c2nccs2)cc1.OB(O)c1ccc(Cl)cc1. The van der Waals surface area contributed by atoms with Crippen molar-refractivity contribution in [2.24, 2.45) is 0 Å². The number of halogens is 3. The minimum atomic E-state index is -1.41. The Morgan fingerprint density at radius 3 is 1.69 bits per heavy atom. The van der Waals surface area contributed by atoms with Gasteiger partial charge in [-0.2, -0.15) is 0 Å². The fraction of sp³-hybridized carbons (Fsp3) is 0.0526. The van der Waals surface area contributed by atoms with E-state index in [4.69, 9.17) is 33.2 Å². The highest BCUT2D eigenvalue weighted by atomic mass is 79.9. The summed E-state index contributed by atoms with van der Waals surface area (Å²) in [6.45, 7) is 0. The normalized spacial score (nSPS) is 9.28. The van der Waals surface area contributed by atoms with E-state index in [0.29, 0.717) is 10.5 Å². The van der Waals surface area contributed by atoms with Gasteiger partial charge in [-0.25, -0.2) is 9.97 Å². The second-order valence-corrected chi connectivity index (χ2v) is 8.99. The Labute approximate surface area is 197 Å². The zero-order valence-corrected chi connectivity index (χ0v) is 19.0. The molecule has 0 saturated heterocycles. The van der Waals surface area contributed by atoms with Crippen LogP contribution in [-0.4, -0.2) is 27.1 Å². The molecule has 0 amide bonds. The van der Waals surface area contributed by atoms with Crippen molar-refractivity contribution in [1.29, 1.82) is 0 Å². The van der Waals surface area contributed by atoms with Crippen LogP contribution in [0.4, 0.5) is 0 Å². The Kier molecular flexibility index (Phi) is 12.3. The molecule has 2 aromatic carbocycles. The fourth-order valence-corrected chi connectivity index (χ4v) is 3.49. The summed E-state index contributed by atoms with van der Waals surface area (Å²) < 4.78 is 0.947. The van der Waals surface area contributed by atoms with Gasteiger partial charge in [-0.15, -0.1) is 22.7 Å². The van der Waals surface area contributed by atoms with E-state index >= 15 is 0 Å². The molecule has 29 heavy (non-hydrogen) atoms. The van der Waals surface area contributed by atoms with Crippen LogP contribution < -0.4 is 5.46 Å². The van der Waals surface area contributed by atoms with Gasteiger partial charge in [0, 0.05) is 38.8 Å². The molecule has 0 fully saturated rings. The first-order chi connectivity index (χ1) is 13.5. The quantitative estimate of drug-likeness (QED) is 0.310. The molecule has 0 aliphatic carbocycles. The number of rotatable bonds is 2. The lowest BCUT2D eigenvalue weighted by atomic mass is 9.81. The molecule has 10 heteroatoms. The molecule has 2 heterocycles. The molecule has 2 N–H and O–H groups in total. The van der Waals surface area contributed by atoms with Crippen molar-refractivity contribution in [2.75, 3.05) is 0 Å². The number of thiazole rings is 2. The first-order valence-electron chi connectivity index (χ1n) is 7.77. The summed E-state index contributed by atoms with van der Waals surface area (Å²) >= 11 is 17.7. The van der Waals surface area contributed by atoms with Crippen LogP contribution >= 0.6 is 61.8 Å². The van der Waals surface area contributed by atoms with Crippen molar-refractivity contribution in [3.63, 3.8) is 0 Å². The smallest absolute Gasteiger partial charge is 0.423 e. The second-order valence-electron chi connectivity index (χ2n) is 5.05. The van der Waals surface area contributed by atoms with E-state index in [-0.39, 0.29) is 7.43 Å². The van der Waals surface area contributed by atoms with Crippen molar-refractivity contribution < 1.29 is 10.0 Å². The zero-order chi connectivity index (χ0) is 20.4. The molecular formula is C19H18BBrCl2N2O2S2. The number of hydrogen-bond donors (Lipinski definition) is 2. The minimum absolute atomic E-state index is 0. The van der Waals surface area contributed by atoms with Crippen LogP contribution in [0.25, 0.3) is 10.6 Å². The molecular weight excluding hydrogens is 514 g/mol. The predicted molar refractivity (Wildman–Crippen MR) is 130 cm³/mol. The molecule has 4 aromatic rings. The Balaban J connectivity index is 0.000000225. The lowest BCUT2D eigenvalue weighted by molar-refractivity contribution is 0.426. The number of nitrogens with zero attached hydrogens (tertiary/aromatic N) is 2. The summed E-state index contributed by atoms with van der Waals surface area (Å²) in [4.78, 5) is 8.04. The van der Waals surface area contributed by atoms with E-state index in [1.54, 1.807) is 59.3 Å². The highest BCUT2D eigenvalue weighted by Crippen LogP contribution is 2.22. The van der Waals surface area contributed by atoms with Gasteiger partial charge in [-0.05, 0) is 45.7 Å². The summed E-state index contributed by atoms with van der Waals surface area (Å²) in [7, 11) is -1.41. The van der Waals surface area contributed by atoms with Crippen LogP contribution in [0, 0.1) is 0 Å². The van der Waals surface area contributed by atoms with Gasteiger partial charge in [0.05, 0.1) is 0 Å². The van der Waals surface area contributed by atoms with Gasteiger partial charge in [-0.1, -0.05) is 54.9 Å². The summed E-state index contributed by atoms with van der Waals surface area (Å²) in [5, 5.41) is 23.5. The van der Waals surface area contributed by atoms with Crippen LogP contribution in [0.5, 0.6) is 0 Å². The maximum Gasteiger partial charge on any atom is 0.488 e. The van der Waals surface area contributed by atoms with E-state index in [1.165, 1.54) is 0 Å². The Hall–Kier alpha value is -1.26. The van der Waals surface area contributed by atoms with E-state index in [1.807, 2.05) is 35.0 Å². The third kappa shape index (κ3) is 9.86. The lowest BCUT2D eigenvalue weighted by Crippen LogP contribution is -2.29. The molecule has 0 aliphatic rings. The lowest BCUT2D eigenvalue weighted by Gasteiger charge is -1.96. The topological polar surface area (TPSA) is 66.2 Å². The Bertz CT molecular complexity index is 924. The van der Waals surface area contributed by atoms with E-state index in [2.05, 4.69) is 25.9 Å². The van der Waals surface area contributed by atoms with Gasteiger partial charge in [0.15, 0.2) is 3.92 Å². The average Bonchev–Trinajstić information content (AvgIpc) is 3.38. The maximum absolute atomic E-state index is 8.63. The molecule has 0 radical (unpaired) electrons. The van der Waals surface area contributed by atoms with E-state index in [0.717, 1.165) is 19.5 Å². The fourth-order valence-electron chi connectivity index (χ4n) is 1.80. The van der Waals surface area contributed by atoms with Crippen LogP contribution in [0.3, 0.4) is 0 Å². The van der Waals surface area contributed by atoms with Gasteiger partial charge in [0.2, 0.25) is 0 Å². The molecule has 0 saturated carbocycles. The Morgan fingerprint density at radius 2 is 1.31 bits per heavy atom. The maximum atomic E-state index is 8.63. The monoisotopic (exact) mass is 530 g/mol. The van der Waals surface area contributed by atoms with Crippen LogP contribution in [0.2, 0.25) is 10.0 Å². The van der Waals surface area contributed by atoms with E-state index < -0.39 is 7.12 Å². The van der Waals surface area contributed by atoms with Crippen LogP contribution in [0.1, 0.15) is 7.43 Å². The van der Waals surface area contributed by atoms with Gasteiger partial charge in [0.1, 0.15) is 5.01 Å². The van der Waals surface area contributed by atoms with Gasteiger partial charge in [-0.3, -0.25) is 0 Å². The molecule has 0 atom stereocenters. The molecule has 4 nitrogen and oxygen atoms in total. The average molecular weight is 532 g/mol. The van der Waals surface area contributed by atoms with Gasteiger partial charge in [0.25, 0.3) is 0 Å². The molecule has 2 aromatic heterocycles. The second kappa shape index (κ2) is 13.9. The van der Waals surface area contributed by atoms with Crippen molar-refractivity contribution in [2.45, 2.75) is 7.43 Å².